The van der Waals surface area contributed by atoms with Crippen LogP contribution in [0, 0.1) is 19.8 Å². The summed E-state index contributed by atoms with van der Waals surface area (Å²) in [5.41, 5.74) is 4.32. The van der Waals surface area contributed by atoms with Crippen LogP contribution >= 0.6 is 0 Å². The van der Waals surface area contributed by atoms with Gasteiger partial charge in [0.15, 0.2) is 0 Å². The molecule has 0 saturated heterocycles. The third-order valence-corrected chi connectivity index (χ3v) is 4.05. The summed E-state index contributed by atoms with van der Waals surface area (Å²) in [4.78, 5) is 0. The van der Waals surface area contributed by atoms with Crippen LogP contribution in [0.2, 0.25) is 0 Å². The van der Waals surface area contributed by atoms with E-state index in [-0.39, 0.29) is 0 Å². The van der Waals surface area contributed by atoms with Gasteiger partial charge in [0.05, 0.1) is 0 Å². The van der Waals surface area contributed by atoms with Crippen LogP contribution in [0.25, 0.3) is 0 Å². The Kier molecular flexibility index (Phi) is 3.65. The van der Waals surface area contributed by atoms with Gasteiger partial charge in [-0.15, -0.1) is 0 Å². The average molecular weight is 217 g/mol. The lowest BCUT2D eigenvalue weighted by molar-refractivity contribution is 0.425. The molecule has 0 spiro atoms. The summed E-state index contributed by atoms with van der Waals surface area (Å²) in [6.07, 6.45) is 4.14. The standard InChI is InChI=1S/C15H23N/c1-11-6-4-7-12(2)14(11)10-16-15-9-5-8-13(15)3/h4,6-7,13,15-16H,5,8-10H2,1-3H3. The summed E-state index contributed by atoms with van der Waals surface area (Å²) in [5, 5.41) is 3.73. The summed E-state index contributed by atoms with van der Waals surface area (Å²) < 4.78 is 0. The van der Waals surface area contributed by atoms with Gasteiger partial charge < -0.3 is 5.32 Å². The maximum atomic E-state index is 3.73. The number of nitrogens with one attached hydrogen (secondary N) is 1. The Morgan fingerprint density at radius 1 is 1.19 bits per heavy atom. The molecule has 0 radical (unpaired) electrons. The van der Waals surface area contributed by atoms with E-state index in [9.17, 15) is 0 Å². The van der Waals surface area contributed by atoms with Crippen LogP contribution < -0.4 is 5.32 Å². The summed E-state index contributed by atoms with van der Waals surface area (Å²) in [5.74, 6) is 0.851. The molecule has 1 aliphatic carbocycles. The van der Waals surface area contributed by atoms with Crippen LogP contribution in [0.5, 0.6) is 0 Å². The highest BCUT2D eigenvalue weighted by Gasteiger charge is 2.22. The zero-order chi connectivity index (χ0) is 11.5. The Bertz CT molecular complexity index is 336. The molecule has 1 heteroatoms. The highest BCUT2D eigenvalue weighted by atomic mass is 14.9. The first-order chi connectivity index (χ1) is 7.68. The van der Waals surface area contributed by atoms with Crippen LogP contribution in [-0.4, -0.2) is 6.04 Å². The van der Waals surface area contributed by atoms with Gasteiger partial charge in [-0.05, 0) is 49.3 Å². The molecule has 0 amide bonds. The van der Waals surface area contributed by atoms with Crippen LogP contribution in [0.15, 0.2) is 18.2 Å². The lowest BCUT2D eigenvalue weighted by Crippen LogP contribution is -2.31. The minimum atomic E-state index is 0.735. The molecular weight excluding hydrogens is 194 g/mol. The number of hydrogen-bond acceptors (Lipinski definition) is 1. The van der Waals surface area contributed by atoms with Crippen LogP contribution in [0.4, 0.5) is 0 Å². The fourth-order valence-corrected chi connectivity index (χ4v) is 2.81. The molecule has 88 valence electrons. The van der Waals surface area contributed by atoms with Crippen molar-refractivity contribution in [2.45, 2.75) is 52.6 Å². The normalized spacial score (nSPS) is 24.9. The molecule has 1 fully saturated rings. The Morgan fingerprint density at radius 2 is 1.88 bits per heavy atom. The van der Waals surface area contributed by atoms with Crippen LogP contribution in [-0.2, 0) is 6.54 Å². The fourth-order valence-electron chi connectivity index (χ4n) is 2.81. The Morgan fingerprint density at radius 3 is 2.44 bits per heavy atom. The Labute approximate surface area is 99.3 Å². The van der Waals surface area contributed by atoms with E-state index in [0.29, 0.717) is 0 Å². The summed E-state index contributed by atoms with van der Waals surface area (Å²) in [6, 6.07) is 7.30. The molecule has 1 N–H and O–H groups in total. The molecule has 0 heterocycles. The van der Waals surface area contributed by atoms with E-state index in [1.165, 1.54) is 36.0 Å². The topological polar surface area (TPSA) is 12.0 Å². The maximum Gasteiger partial charge on any atom is 0.0213 e. The fraction of sp³-hybridized carbons (Fsp3) is 0.600. The minimum absolute atomic E-state index is 0.735. The first-order valence-corrected chi connectivity index (χ1v) is 6.47. The molecule has 1 aromatic rings. The van der Waals surface area contributed by atoms with Gasteiger partial charge in [-0.25, -0.2) is 0 Å². The second kappa shape index (κ2) is 5.01. The zero-order valence-electron chi connectivity index (χ0n) is 10.7. The molecule has 2 rings (SSSR count). The molecule has 16 heavy (non-hydrogen) atoms. The predicted octanol–water partition coefficient (Wildman–Crippen LogP) is 3.58. The van der Waals surface area contributed by atoms with Crippen molar-refractivity contribution in [3.05, 3.63) is 34.9 Å². The smallest absolute Gasteiger partial charge is 0.0213 e. The second-order valence-corrected chi connectivity index (χ2v) is 5.27. The Balaban J connectivity index is 1.99. The van der Waals surface area contributed by atoms with E-state index in [1.54, 1.807) is 0 Å². The van der Waals surface area contributed by atoms with Gasteiger partial charge in [-0.2, -0.15) is 0 Å². The molecule has 0 bridgehead atoms. The monoisotopic (exact) mass is 217 g/mol. The zero-order valence-corrected chi connectivity index (χ0v) is 10.7. The molecule has 0 aliphatic heterocycles. The van der Waals surface area contributed by atoms with Crippen LogP contribution in [0.1, 0.15) is 42.9 Å². The van der Waals surface area contributed by atoms with Gasteiger partial charge in [-0.1, -0.05) is 31.5 Å². The minimum Gasteiger partial charge on any atom is -0.310 e. The molecule has 2 atom stereocenters. The molecule has 0 aromatic heterocycles. The maximum absolute atomic E-state index is 3.73. The van der Waals surface area contributed by atoms with Crippen molar-refractivity contribution in [2.24, 2.45) is 5.92 Å². The number of rotatable bonds is 3. The van der Waals surface area contributed by atoms with Crippen molar-refractivity contribution in [3.63, 3.8) is 0 Å². The molecule has 1 aliphatic rings. The summed E-state index contributed by atoms with van der Waals surface area (Å²) in [6.45, 7) is 7.83. The average Bonchev–Trinajstić information content (AvgIpc) is 2.64. The number of aryl methyl sites for hydroxylation is 2. The highest BCUT2D eigenvalue weighted by Crippen LogP contribution is 2.25. The quantitative estimate of drug-likeness (QED) is 0.816. The van der Waals surface area contributed by atoms with Gasteiger partial charge in [-0.3, -0.25) is 0 Å². The number of hydrogen-bond donors (Lipinski definition) is 1. The van der Waals surface area contributed by atoms with Gasteiger partial charge >= 0.3 is 0 Å². The van der Waals surface area contributed by atoms with Gasteiger partial charge in [0.25, 0.3) is 0 Å². The lowest BCUT2D eigenvalue weighted by Gasteiger charge is -2.19. The van der Waals surface area contributed by atoms with E-state index in [4.69, 9.17) is 0 Å². The van der Waals surface area contributed by atoms with Gasteiger partial charge in [0.1, 0.15) is 0 Å². The van der Waals surface area contributed by atoms with E-state index in [0.717, 1.165) is 18.5 Å². The van der Waals surface area contributed by atoms with Crippen LogP contribution in [0.3, 0.4) is 0 Å². The lowest BCUT2D eigenvalue weighted by atomic mass is 10.0. The van der Waals surface area contributed by atoms with Crippen molar-refractivity contribution in [1.29, 1.82) is 0 Å². The first-order valence-electron chi connectivity index (χ1n) is 6.47. The second-order valence-electron chi connectivity index (χ2n) is 5.27. The predicted molar refractivity (Wildman–Crippen MR) is 69.6 cm³/mol. The molecule has 1 saturated carbocycles. The first kappa shape index (κ1) is 11.7. The Hall–Kier alpha value is -0.820. The van der Waals surface area contributed by atoms with Crippen molar-refractivity contribution in [2.75, 3.05) is 0 Å². The highest BCUT2D eigenvalue weighted by molar-refractivity contribution is 5.33. The van der Waals surface area contributed by atoms with Crippen molar-refractivity contribution in [3.8, 4) is 0 Å². The molecule has 2 unspecified atom stereocenters. The number of benzene rings is 1. The molecule has 1 aromatic carbocycles. The van der Waals surface area contributed by atoms with Crippen molar-refractivity contribution in [1.82, 2.24) is 5.32 Å². The van der Waals surface area contributed by atoms with Gasteiger partial charge in [0.2, 0.25) is 0 Å². The van der Waals surface area contributed by atoms with E-state index >= 15 is 0 Å². The molecule has 1 nitrogen and oxygen atoms in total. The molecular formula is C15H23N. The summed E-state index contributed by atoms with van der Waals surface area (Å²) in [7, 11) is 0. The third kappa shape index (κ3) is 2.46. The van der Waals surface area contributed by atoms with Crippen molar-refractivity contribution < 1.29 is 0 Å². The third-order valence-electron chi connectivity index (χ3n) is 4.05. The SMILES string of the molecule is Cc1cccc(C)c1CNC1CCCC1C. The van der Waals surface area contributed by atoms with E-state index in [1.807, 2.05) is 0 Å². The van der Waals surface area contributed by atoms with Gasteiger partial charge in [0, 0.05) is 12.6 Å². The van der Waals surface area contributed by atoms with E-state index < -0.39 is 0 Å². The van der Waals surface area contributed by atoms with E-state index in [2.05, 4.69) is 44.3 Å². The van der Waals surface area contributed by atoms with Crippen molar-refractivity contribution >= 4 is 0 Å². The largest absolute Gasteiger partial charge is 0.310 e. The summed E-state index contributed by atoms with van der Waals surface area (Å²) >= 11 is 0.